The Balaban J connectivity index is 1.63. The van der Waals surface area contributed by atoms with Crippen molar-refractivity contribution in [2.45, 2.75) is 33.2 Å². The highest BCUT2D eigenvalue weighted by Gasteiger charge is 2.61. The monoisotopic (exact) mass is 494 g/mol. The lowest BCUT2D eigenvalue weighted by Crippen LogP contribution is -2.51. The number of carbonyl (C=O) groups excluding carboxylic acids is 2. The molecule has 2 aliphatic heterocycles. The van der Waals surface area contributed by atoms with E-state index in [1.165, 1.54) is 18.1 Å². The predicted octanol–water partition coefficient (Wildman–Crippen LogP) is 3.70. The number of benzene rings is 2. The van der Waals surface area contributed by atoms with E-state index in [2.05, 4.69) is 24.1 Å². The van der Waals surface area contributed by atoms with Crippen molar-refractivity contribution in [1.29, 1.82) is 0 Å². The molecular formula is C27H31FN4O4. The van der Waals surface area contributed by atoms with Gasteiger partial charge in [0.25, 0.3) is 5.91 Å². The fourth-order valence-corrected chi connectivity index (χ4v) is 5.50. The Morgan fingerprint density at radius 1 is 1.28 bits per heavy atom. The van der Waals surface area contributed by atoms with Gasteiger partial charge in [0.15, 0.2) is 11.6 Å². The Bertz CT molecular complexity index is 1350. The van der Waals surface area contributed by atoms with Crippen molar-refractivity contribution in [3.05, 3.63) is 47.8 Å². The van der Waals surface area contributed by atoms with E-state index in [-0.39, 0.29) is 29.9 Å². The number of aromatic hydroxyl groups is 1. The summed E-state index contributed by atoms with van der Waals surface area (Å²) in [6.07, 6.45) is 0.303. The van der Waals surface area contributed by atoms with Crippen LogP contribution in [0.3, 0.4) is 0 Å². The first-order valence-electron chi connectivity index (χ1n) is 12.2. The molecule has 0 bridgehead atoms. The van der Waals surface area contributed by atoms with Crippen LogP contribution in [-0.2, 0) is 16.0 Å². The minimum Gasteiger partial charge on any atom is -0.508 e. The van der Waals surface area contributed by atoms with Crippen molar-refractivity contribution in [1.82, 2.24) is 15.2 Å². The third kappa shape index (κ3) is 3.69. The highest BCUT2D eigenvalue weighted by atomic mass is 19.1. The van der Waals surface area contributed by atoms with Gasteiger partial charge in [0.05, 0.1) is 18.0 Å². The van der Waals surface area contributed by atoms with E-state index in [9.17, 15) is 19.1 Å². The number of nitrogens with one attached hydrogen (secondary N) is 2. The van der Waals surface area contributed by atoms with Crippen molar-refractivity contribution in [2.75, 3.05) is 31.6 Å². The zero-order valence-electron chi connectivity index (χ0n) is 20.9. The van der Waals surface area contributed by atoms with E-state index < -0.39 is 17.3 Å². The molecule has 2 aromatic carbocycles. The van der Waals surface area contributed by atoms with Crippen LogP contribution in [-0.4, -0.2) is 59.6 Å². The van der Waals surface area contributed by atoms with Crippen molar-refractivity contribution < 1.29 is 23.8 Å². The maximum Gasteiger partial charge on any atom is 0.253 e. The molecule has 0 aliphatic carbocycles. The minimum atomic E-state index is -1.05. The van der Waals surface area contributed by atoms with Crippen molar-refractivity contribution in [3.8, 4) is 11.5 Å². The standard InChI is InChI=1S/C27H31FN4O4/c1-15(2)14-29-8-9-31-25(34)23-27(3,26(31)35)13-19-18-11-22(36-4)20(28)12-21(18)30-24(19)32(23)16-6-5-7-17(33)10-16/h5-7,10-12,15,23,29-30,33H,8-9,13-14H2,1-4H3. The number of hydrogen-bond acceptors (Lipinski definition) is 6. The number of H-pyrrole nitrogens is 1. The van der Waals surface area contributed by atoms with E-state index in [1.54, 1.807) is 35.2 Å². The Morgan fingerprint density at radius 2 is 2.06 bits per heavy atom. The number of imide groups is 1. The third-order valence-electron chi connectivity index (χ3n) is 7.21. The molecule has 1 saturated heterocycles. The number of ether oxygens (including phenoxy) is 1. The number of anilines is 2. The fourth-order valence-electron chi connectivity index (χ4n) is 5.50. The molecule has 0 spiro atoms. The van der Waals surface area contributed by atoms with E-state index in [0.717, 1.165) is 17.5 Å². The summed E-state index contributed by atoms with van der Waals surface area (Å²) in [4.78, 5) is 34.0. The SMILES string of the molecule is COc1cc2c3c([nH]c2cc1F)N(c1cccc(O)c1)C1C(=O)N(CCNCC(C)C)C(=O)C1(C)C3. The lowest BCUT2D eigenvalue weighted by atomic mass is 9.74. The van der Waals surface area contributed by atoms with Gasteiger partial charge in [-0.3, -0.25) is 14.5 Å². The second-order valence-corrected chi connectivity index (χ2v) is 10.3. The van der Waals surface area contributed by atoms with Gasteiger partial charge in [-0.1, -0.05) is 19.9 Å². The van der Waals surface area contributed by atoms with Gasteiger partial charge < -0.3 is 25.0 Å². The Hall–Kier alpha value is -3.59. The molecule has 0 radical (unpaired) electrons. The second-order valence-electron chi connectivity index (χ2n) is 10.3. The molecule has 2 unspecified atom stereocenters. The Kier molecular flexibility index (Phi) is 5.90. The van der Waals surface area contributed by atoms with Gasteiger partial charge >= 0.3 is 0 Å². The van der Waals surface area contributed by atoms with E-state index in [4.69, 9.17) is 4.74 Å². The normalized spacial score (nSPS) is 21.4. The molecule has 1 aromatic heterocycles. The zero-order chi connectivity index (χ0) is 25.8. The van der Waals surface area contributed by atoms with Crippen molar-refractivity contribution in [3.63, 3.8) is 0 Å². The summed E-state index contributed by atoms with van der Waals surface area (Å²) < 4.78 is 19.7. The maximum absolute atomic E-state index is 14.5. The summed E-state index contributed by atoms with van der Waals surface area (Å²) in [6, 6.07) is 8.76. The summed E-state index contributed by atoms with van der Waals surface area (Å²) in [5, 5.41) is 14.3. The maximum atomic E-state index is 14.5. The number of aromatic nitrogens is 1. The first kappa shape index (κ1) is 24.1. The molecule has 9 heteroatoms. The smallest absolute Gasteiger partial charge is 0.253 e. The topological polar surface area (TPSA) is 97.9 Å². The number of fused-ring (bicyclic) bond motifs is 4. The Labute approximate surface area is 209 Å². The molecule has 2 amide bonds. The molecular weight excluding hydrogens is 463 g/mol. The number of nitrogens with zero attached hydrogens (tertiary/aromatic N) is 2. The number of amides is 2. The summed E-state index contributed by atoms with van der Waals surface area (Å²) in [5.74, 6) is 0.173. The van der Waals surface area contributed by atoms with Crippen molar-refractivity contribution in [2.24, 2.45) is 11.3 Å². The molecule has 5 rings (SSSR count). The van der Waals surface area contributed by atoms with Gasteiger partial charge in [0.1, 0.15) is 17.6 Å². The summed E-state index contributed by atoms with van der Waals surface area (Å²) >= 11 is 0. The van der Waals surface area contributed by atoms with E-state index in [0.29, 0.717) is 35.9 Å². The van der Waals surface area contributed by atoms with Crippen LogP contribution in [0.25, 0.3) is 10.9 Å². The number of hydrogen-bond donors (Lipinski definition) is 3. The van der Waals surface area contributed by atoms with Crippen LogP contribution in [0, 0.1) is 17.2 Å². The van der Waals surface area contributed by atoms with Crippen LogP contribution in [0.15, 0.2) is 36.4 Å². The lowest BCUT2D eigenvalue weighted by Gasteiger charge is -2.41. The fraction of sp³-hybridized carbons (Fsp3) is 0.407. The minimum absolute atomic E-state index is 0.0386. The molecule has 2 aliphatic rings. The molecule has 3 aromatic rings. The zero-order valence-corrected chi connectivity index (χ0v) is 20.9. The number of carbonyl (C=O) groups is 2. The molecule has 2 atom stereocenters. The van der Waals surface area contributed by atoms with Gasteiger partial charge in [-0.15, -0.1) is 0 Å². The Morgan fingerprint density at radius 3 is 2.75 bits per heavy atom. The third-order valence-corrected chi connectivity index (χ3v) is 7.21. The number of rotatable bonds is 7. The highest BCUT2D eigenvalue weighted by molar-refractivity contribution is 6.13. The first-order valence-corrected chi connectivity index (χ1v) is 12.2. The van der Waals surface area contributed by atoms with Crippen molar-refractivity contribution >= 4 is 34.2 Å². The average molecular weight is 495 g/mol. The van der Waals surface area contributed by atoms with E-state index >= 15 is 0 Å². The second kappa shape index (κ2) is 8.81. The van der Waals surface area contributed by atoms with E-state index in [1.807, 2.05) is 6.92 Å². The van der Waals surface area contributed by atoms with Crippen LogP contribution in [0.2, 0.25) is 0 Å². The molecule has 36 heavy (non-hydrogen) atoms. The number of halogens is 1. The van der Waals surface area contributed by atoms with Crippen LogP contribution in [0.1, 0.15) is 26.3 Å². The van der Waals surface area contributed by atoms with Gasteiger partial charge in [0.2, 0.25) is 5.91 Å². The average Bonchev–Trinajstić information content (AvgIpc) is 3.26. The van der Waals surface area contributed by atoms with Gasteiger partial charge in [-0.2, -0.15) is 0 Å². The summed E-state index contributed by atoms with van der Waals surface area (Å²) in [7, 11) is 1.41. The molecule has 190 valence electrons. The number of phenolic OH excluding ortho intramolecular Hbond substituents is 1. The molecule has 1 fully saturated rings. The summed E-state index contributed by atoms with van der Waals surface area (Å²) in [5.41, 5.74) is 0.852. The number of likely N-dealkylation sites (tertiary alicyclic amines) is 1. The predicted molar refractivity (Wildman–Crippen MR) is 135 cm³/mol. The number of phenols is 1. The number of aromatic amines is 1. The molecule has 3 N–H and O–H groups in total. The quantitative estimate of drug-likeness (QED) is 0.342. The molecule has 8 nitrogen and oxygen atoms in total. The number of methoxy groups -OCH3 is 1. The molecule has 3 heterocycles. The van der Waals surface area contributed by atoms with Gasteiger partial charge in [-0.05, 0) is 44.0 Å². The largest absolute Gasteiger partial charge is 0.508 e. The first-order chi connectivity index (χ1) is 17.2. The van der Waals surface area contributed by atoms with Crippen LogP contribution in [0.5, 0.6) is 11.5 Å². The van der Waals surface area contributed by atoms with Gasteiger partial charge in [0, 0.05) is 41.9 Å². The van der Waals surface area contributed by atoms with Crippen LogP contribution in [0.4, 0.5) is 15.9 Å². The summed E-state index contributed by atoms with van der Waals surface area (Å²) in [6.45, 7) is 7.59. The lowest BCUT2D eigenvalue weighted by molar-refractivity contribution is -0.141. The van der Waals surface area contributed by atoms with Crippen LogP contribution >= 0.6 is 0 Å². The molecule has 0 saturated carbocycles. The highest BCUT2D eigenvalue weighted by Crippen LogP contribution is 2.52. The van der Waals surface area contributed by atoms with Crippen LogP contribution < -0.4 is 15.0 Å². The van der Waals surface area contributed by atoms with Gasteiger partial charge in [-0.25, -0.2) is 4.39 Å².